The van der Waals surface area contributed by atoms with Crippen LogP contribution in [0.15, 0.2) is 0 Å². The lowest BCUT2D eigenvalue weighted by Gasteiger charge is -2.31. The van der Waals surface area contributed by atoms with Crippen LogP contribution >= 0.6 is 0 Å². The Morgan fingerprint density at radius 1 is 0.593 bits per heavy atom. The summed E-state index contributed by atoms with van der Waals surface area (Å²) in [5.74, 6) is -4.96. The largest absolute Gasteiger partial charge is 0.444 e. The fraction of sp³-hybridized carbons (Fsp3) is 0.842. The molecule has 0 aromatic carbocycles. The highest BCUT2D eigenvalue weighted by atomic mass is 16.9. The van der Waals surface area contributed by atoms with Gasteiger partial charge in [-0.05, 0) is 69.2 Å². The Kier molecular flexibility index (Phi) is 15.7. The molecule has 4 aliphatic rings. The number of hydrogen-bond acceptors (Lipinski definition) is 17. The van der Waals surface area contributed by atoms with E-state index in [-0.39, 0.29) is 25.9 Å². The molecular weight excluding hydrogens is 784 g/mol. The number of esters is 2. The summed E-state index contributed by atoms with van der Waals surface area (Å²) in [5, 5.41) is 10.5. The molecule has 336 valence electrons. The number of hydrogen-bond donors (Lipinski definition) is 4. The average molecular weight is 847 g/mol. The molecule has 0 aromatic rings. The Hall–Kier alpha value is -3.70. The number of alkyl carbamates (subject to hydrolysis) is 2. The molecule has 0 saturated carbocycles. The van der Waals surface area contributed by atoms with Crippen molar-refractivity contribution in [1.82, 2.24) is 21.3 Å². The van der Waals surface area contributed by atoms with Crippen molar-refractivity contribution in [3.8, 4) is 0 Å². The standard InChI is InChI=1S/C38H62N4O17/c1-35(2,3)58-33(47)40-15-13-21(43)41-19(25-27(49-11)29-31(52-25)56-37(7,8)54-29)17-22(44)39-16-14-23(45)51-24(46)18-20(42-34(48)59-36(4,5)6)26-28(50-12)30-32(53-26)57-38(9,10)55-30/h19-20,25-32H,13-18H2,1-12H3,(H,39,44)(H,40,47)(H,41,43)(H,42,48)/t19-,20-,25+,26+,27-,28-,29+,30+,31+,32+/m0/s1. The number of carbonyl (C=O) groups is 6. The van der Waals surface area contributed by atoms with Crippen LogP contribution in [-0.4, -0.2) is 147 Å². The van der Waals surface area contributed by atoms with Crippen molar-refractivity contribution < 1.29 is 80.9 Å². The molecule has 4 rings (SSSR count). The van der Waals surface area contributed by atoms with Crippen molar-refractivity contribution in [3.05, 3.63) is 0 Å². The molecule has 4 heterocycles. The second-order valence-electron chi connectivity index (χ2n) is 17.5. The summed E-state index contributed by atoms with van der Waals surface area (Å²) in [4.78, 5) is 77.0. The monoisotopic (exact) mass is 846 g/mol. The summed E-state index contributed by atoms with van der Waals surface area (Å²) in [5.41, 5.74) is -1.59. The van der Waals surface area contributed by atoms with Crippen LogP contribution in [0.4, 0.5) is 9.59 Å². The van der Waals surface area contributed by atoms with E-state index in [2.05, 4.69) is 21.3 Å². The third-order valence-corrected chi connectivity index (χ3v) is 9.13. The van der Waals surface area contributed by atoms with Crippen molar-refractivity contribution in [2.75, 3.05) is 27.3 Å². The maximum atomic E-state index is 13.2. The molecule has 21 nitrogen and oxygen atoms in total. The van der Waals surface area contributed by atoms with Crippen molar-refractivity contribution in [2.24, 2.45) is 0 Å². The fourth-order valence-corrected chi connectivity index (χ4v) is 7.00. The molecule has 21 heteroatoms. The first kappa shape index (κ1) is 48.0. The van der Waals surface area contributed by atoms with Gasteiger partial charge < -0.3 is 73.4 Å². The first-order valence-corrected chi connectivity index (χ1v) is 19.6. The summed E-state index contributed by atoms with van der Waals surface area (Å²) in [6.07, 6.45) is -9.32. The van der Waals surface area contributed by atoms with Gasteiger partial charge in [-0.2, -0.15) is 0 Å². The highest BCUT2D eigenvalue weighted by molar-refractivity contribution is 5.86. The van der Waals surface area contributed by atoms with Crippen LogP contribution in [0.5, 0.6) is 0 Å². The van der Waals surface area contributed by atoms with Crippen LogP contribution in [0, 0.1) is 0 Å². The summed E-state index contributed by atoms with van der Waals surface area (Å²) in [7, 11) is 2.86. The van der Waals surface area contributed by atoms with E-state index in [1.165, 1.54) is 14.2 Å². The topological polar surface area (TPSA) is 252 Å². The zero-order valence-corrected chi connectivity index (χ0v) is 36.0. The highest BCUT2D eigenvalue weighted by Crippen LogP contribution is 2.41. The van der Waals surface area contributed by atoms with Gasteiger partial charge >= 0.3 is 24.1 Å². The number of fused-ring (bicyclic) bond motifs is 2. The zero-order chi connectivity index (χ0) is 44.1. The van der Waals surface area contributed by atoms with Crippen molar-refractivity contribution in [2.45, 2.75) is 179 Å². The minimum Gasteiger partial charge on any atom is -0.444 e. The van der Waals surface area contributed by atoms with Gasteiger partial charge in [0.1, 0.15) is 47.8 Å². The number of methoxy groups -OCH3 is 2. The molecule has 4 N–H and O–H groups in total. The van der Waals surface area contributed by atoms with E-state index in [4.69, 9.17) is 52.1 Å². The summed E-state index contributed by atoms with van der Waals surface area (Å²) >= 11 is 0. The van der Waals surface area contributed by atoms with Crippen LogP contribution in [0.2, 0.25) is 0 Å². The fourth-order valence-electron chi connectivity index (χ4n) is 7.00. The molecule has 4 amide bonds. The van der Waals surface area contributed by atoms with E-state index >= 15 is 0 Å². The minimum absolute atomic E-state index is 0.0495. The smallest absolute Gasteiger partial charge is 0.407 e. The van der Waals surface area contributed by atoms with Gasteiger partial charge in [-0.3, -0.25) is 19.2 Å². The van der Waals surface area contributed by atoms with E-state index < -0.39 is 133 Å². The molecular formula is C38H62N4O17. The first-order valence-electron chi connectivity index (χ1n) is 19.6. The van der Waals surface area contributed by atoms with Crippen LogP contribution in [0.3, 0.4) is 0 Å². The molecule has 59 heavy (non-hydrogen) atoms. The minimum atomic E-state index is -1.09. The van der Waals surface area contributed by atoms with Crippen LogP contribution in [0.25, 0.3) is 0 Å². The summed E-state index contributed by atoms with van der Waals surface area (Å²) < 4.78 is 62.7. The maximum Gasteiger partial charge on any atom is 0.407 e. The van der Waals surface area contributed by atoms with Crippen LogP contribution in [0.1, 0.15) is 94.9 Å². The van der Waals surface area contributed by atoms with Crippen molar-refractivity contribution in [1.29, 1.82) is 0 Å². The van der Waals surface area contributed by atoms with Gasteiger partial charge in [0.05, 0.1) is 24.9 Å². The van der Waals surface area contributed by atoms with Crippen LogP contribution < -0.4 is 21.3 Å². The van der Waals surface area contributed by atoms with Gasteiger partial charge in [0, 0.05) is 40.2 Å². The maximum absolute atomic E-state index is 13.2. The summed E-state index contributed by atoms with van der Waals surface area (Å²) in [6.45, 7) is 16.7. The van der Waals surface area contributed by atoms with E-state index in [9.17, 15) is 28.8 Å². The predicted octanol–water partition coefficient (Wildman–Crippen LogP) is 1.42. The Bertz CT molecular complexity index is 1530. The lowest BCUT2D eigenvalue weighted by atomic mass is 9.99. The number of rotatable bonds is 16. The zero-order valence-electron chi connectivity index (χ0n) is 36.0. The molecule has 0 bridgehead atoms. The third-order valence-electron chi connectivity index (χ3n) is 9.13. The van der Waals surface area contributed by atoms with Crippen LogP contribution in [-0.2, 0) is 71.3 Å². The lowest BCUT2D eigenvalue weighted by Crippen LogP contribution is -2.52. The Balaban J connectivity index is 1.33. The van der Waals surface area contributed by atoms with E-state index in [1.54, 1.807) is 69.2 Å². The van der Waals surface area contributed by atoms with Gasteiger partial charge in [0.2, 0.25) is 11.8 Å². The van der Waals surface area contributed by atoms with E-state index in [0.29, 0.717) is 0 Å². The molecule has 0 radical (unpaired) electrons. The highest BCUT2D eigenvalue weighted by Gasteiger charge is 2.58. The second kappa shape index (κ2) is 19.3. The molecule has 10 atom stereocenters. The normalized spacial score (nSPS) is 29.0. The summed E-state index contributed by atoms with van der Waals surface area (Å²) in [6, 6.07) is -2.06. The quantitative estimate of drug-likeness (QED) is 0.0974. The molecule has 0 aromatic heterocycles. The van der Waals surface area contributed by atoms with E-state index in [1.807, 2.05) is 0 Å². The average Bonchev–Trinajstić information content (AvgIpc) is 3.75. The van der Waals surface area contributed by atoms with E-state index in [0.717, 1.165) is 0 Å². The molecule has 0 aliphatic carbocycles. The Morgan fingerprint density at radius 2 is 1.07 bits per heavy atom. The van der Waals surface area contributed by atoms with Gasteiger partial charge in [-0.15, -0.1) is 0 Å². The van der Waals surface area contributed by atoms with Gasteiger partial charge in [0.25, 0.3) is 0 Å². The van der Waals surface area contributed by atoms with Crippen molar-refractivity contribution >= 4 is 35.9 Å². The third kappa shape index (κ3) is 14.2. The van der Waals surface area contributed by atoms with Crippen molar-refractivity contribution in [3.63, 3.8) is 0 Å². The number of carbonyl (C=O) groups excluding carboxylic acids is 6. The second-order valence-corrected chi connectivity index (χ2v) is 17.5. The van der Waals surface area contributed by atoms with Gasteiger partial charge in [-0.1, -0.05) is 0 Å². The molecule has 0 spiro atoms. The lowest BCUT2D eigenvalue weighted by molar-refractivity contribution is -0.220. The Labute approximate surface area is 344 Å². The predicted molar refractivity (Wildman–Crippen MR) is 201 cm³/mol. The SMILES string of the molecule is CO[C@@H]1[C@H]2OC(C)(C)O[C@H]2O[C@@H]1[C@H](CC(=O)NCCC(=O)OC(=O)C[C@H](NC(=O)OC(C)(C)C)[C@H]1O[C@@H]2OC(C)(C)O[C@@H]2[C@H]1OC)NC(=O)CCNC(=O)OC(C)(C)C. The number of nitrogens with one attached hydrogen (secondary N) is 4. The number of ether oxygens (including phenoxy) is 11. The molecule has 4 aliphatic heterocycles. The molecule has 0 unspecified atom stereocenters. The molecule has 4 saturated heterocycles. The first-order chi connectivity index (χ1) is 27.3. The molecule has 4 fully saturated rings. The van der Waals surface area contributed by atoms with Gasteiger partial charge in [-0.25, -0.2) is 9.59 Å². The Morgan fingerprint density at radius 3 is 1.56 bits per heavy atom. The number of amides is 4. The van der Waals surface area contributed by atoms with Gasteiger partial charge in [0.15, 0.2) is 24.2 Å².